The maximum absolute atomic E-state index is 12.4. The molecule has 148 valence electrons. The van der Waals surface area contributed by atoms with Gasteiger partial charge in [0.05, 0.1) is 5.92 Å². The molecule has 1 atom stereocenters. The first-order valence-corrected chi connectivity index (χ1v) is 9.78. The summed E-state index contributed by atoms with van der Waals surface area (Å²) in [5.74, 6) is 0.251. The van der Waals surface area contributed by atoms with E-state index in [2.05, 4.69) is 26.1 Å². The minimum absolute atomic E-state index is 0.00776. The highest BCUT2D eigenvalue weighted by atomic mass is 16.2. The highest BCUT2D eigenvalue weighted by Gasteiger charge is 2.44. The van der Waals surface area contributed by atoms with Crippen LogP contribution in [0.25, 0.3) is 0 Å². The highest BCUT2D eigenvalue weighted by Crippen LogP contribution is 2.35. The van der Waals surface area contributed by atoms with Crippen LogP contribution in [0.4, 0.5) is 4.79 Å². The lowest BCUT2D eigenvalue weighted by atomic mass is 9.76. The monoisotopic (exact) mass is 365 g/mol. The quantitative estimate of drug-likeness (QED) is 0.602. The third-order valence-corrected chi connectivity index (χ3v) is 5.77. The van der Waals surface area contributed by atoms with Crippen molar-refractivity contribution < 1.29 is 14.4 Å². The van der Waals surface area contributed by atoms with Crippen LogP contribution >= 0.6 is 0 Å². The number of amides is 4. The molecule has 4 amide bonds. The van der Waals surface area contributed by atoms with Gasteiger partial charge < -0.3 is 10.2 Å². The summed E-state index contributed by atoms with van der Waals surface area (Å²) in [7, 11) is 0. The van der Waals surface area contributed by atoms with Gasteiger partial charge in [0.2, 0.25) is 11.8 Å². The Morgan fingerprint density at radius 2 is 1.65 bits per heavy atom. The van der Waals surface area contributed by atoms with Gasteiger partial charge >= 0.3 is 6.03 Å². The van der Waals surface area contributed by atoms with Crippen LogP contribution in [0.15, 0.2) is 0 Å². The van der Waals surface area contributed by atoms with Crippen molar-refractivity contribution in [1.82, 2.24) is 15.1 Å². The molecule has 0 saturated carbocycles. The Balaban J connectivity index is 1.63. The summed E-state index contributed by atoms with van der Waals surface area (Å²) < 4.78 is 0. The fourth-order valence-corrected chi connectivity index (χ4v) is 3.49. The van der Waals surface area contributed by atoms with Crippen LogP contribution in [0.5, 0.6) is 0 Å². The van der Waals surface area contributed by atoms with E-state index in [-0.39, 0.29) is 34.6 Å². The predicted octanol–water partition coefficient (Wildman–Crippen LogP) is 2.88. The average Bonchev–Trinajstić information content (AvgIpc) is 2.71. The maximum Gasteiger partial charge on any atom is 0.317 e. The molecular weight excluding hydrogens is 330 g/mol. The molecule has 0 aliphatic carbocycles. The van der Waals surface area contributed by atoms with E-state index in [1.54, 1.807) is 0 Å². The molecule has 0 bridgehead atoms. The number of hydrogen-bond acceptors (Lipinski definition) is 3. The summed E-state index contributed by atoms with van der Waals surface area (Å²) >= 11 is 0. The van der Waals surface area contributed by atoms with Crippen molar-refractivity contribution in [3.63, 3.8) is 0 Å². The van der Waals surface area contributed by atoms with Gasteiger partial charge in [0, 0.05) is 32.6 Å². The Bertz CT molecular complexity index is 554. The smallest absolute Gasteiger partial charge is 0.317 e. The summed E-state index contributed by atoms with van der Waals surface area (Å²) in [6.07, 6.45) is 1.81. The van der Waals surface area contributed by atoms with E-state index in [1.807, 2.05) is 25.7 Å². The third-order valence-electron chi connectivity index (χ3n) is 5.77. The van der Waals surface area contributed by atoms with Gasteiger partial charge in [-0.2, -0.15) is 0 Å². The number of likely N-dealkylation sites (tertiary alicyclic amines) is 2. The first-order valence-electron chi connectivity index (χ1n) is 9.78. The summed E-state index contributed by atoms with van der Waals surface area (Å²) in [5.41, 5.74) is 0.0636. The zero-order chi connectivity index (χ0) is 19.7. The van der Waals surface area contributed by atoms with Crippen LogP contribution in [-0.2, 0) is 9.59 Å². The SMILES string of the molecule is CC(C)(C)C1CN(C(=O)NCCCCN2C(=O)CC(C(C)(C)C)C2=O)C1. The van der Waals surface area contributed by atoms with Crippen LogP contribution in [0.1, 0.15) is 60.8 Å². The highest BCUT2D eigenvalue weighted by molar-refractivity contribution is 6.03. The van der Waals surface area contributed by atoms with Gasteiger partial charge in [0.25, 0.3) is 0 Å². The summed E-state index contributed by atoms with van der Waals surface area (Å²) in [6, 6.07) is -0.00776. The molecule has 1 unspecified atom stereocenters. The normalized spacial score (nSPS) is 22.0. The molecule has 0 aromatic carbocycles. The predicted molar refractivity (Wildman–Crippen MR) is 101 cm³/mol. The van der Waals surface area contributed by atoms with Gasteiger partial charge in [-0.3, -0.25) is 14.5 Å². The Morgan fingerprint density at radius 1 is 1.04 bits per heavy atom. The lowest BCUT2D eigenvalue weighted by molar-refractivity contribution is -0.140. The zero-order valence-corrected chi connectivity index (χ0v) is 17.2. The van der Waals surface area contributed by atoms with E-state index in [4.69, 9.17) is 0 Å². The molecule has 2 fully saturated rings. The van der Waals surface area contributed by atoms with Gasteiger partial charge in [0.15, 0.2) is 0 Å². The Labute approximate surface area is 157 Å². The van der Waals surface area contributed by atoms with E-state index in [0.717, 1.165) is 25.9 Å². The molecule has 0 aromatic heterocycles. The summed E-state index contributed by atoms with van der Waals surface area (Å²) in [5, 5.41) is 2.94. The van der Waals surface area contributed by atoms with Crippen LogP contribution in [0.2, 0.25) is 0 Å². The molecule has 2 aliphatic rings. The molecule has 2 aliphatic heterocycles. The molecule has 2 rings (SSSR count). The number of hydrogen-bond donors (Lipinski definition) is 1. The van der Waals surface area contributed by atoms with Crippen molar-refractivity contribution in [2.24, 2.45) is 22.7 Å². The van der Waals surface area contributed by atoms with E-state index >= 15 is 0 Å². The number of urea groups is 1. The first kappa shape index (κ1) is 20.7. The van der Waals surface area contributed by atoms with E-state index in [9.17, 15) is 14.4 Å². The molecular formula is C20H35N3O3. The molecule has 0 radical (unpaired) electrons. The van der Waals surface area contributed by atoms with Crippen LogP contribution < -0.4 is 5.32 Å². The van der Waals surface area contributed by atoms with Crippen molar-refractivity contribution >= 4 is 17.8 Å². The van der Waals surface area contributed by atoms with E-state index < -0.39 is 0 Å². The first-order chi connectivity index (χ1) is 11.9. The minimum atomic E-state index is -0.211. The van der Waals surface area contributed by atoms with Gasteiger partial charge in [-0.25, -0.2) is 4.79 Å². The number of nitrogens with one attached hydrogen (secondary N) is 1. The zero-order valence-electron chi connectivity index (χ0n) is 17.2. The molecule has 2 heterocycles. The van der Waals surface area contributed by atoms with E-state index in [0.29, 0.717) is 25.4 Å². The van der Waals surface area contributed by atoms with Crippen LogP contribution in [-0.4, -0.2) is 53.8 Å². The van der Waals surface area contributed by atoms with Gasteiger partial charge in [0.1, 0.15) is 0 Å². The molecule has 6 heteroatoms. The summed E-state index contributed by atoms with van der Waals surface area (Å²) in [4.78, 5) is 39.8. The number of rotatable bonds is 5. The number of nitrogens with zero attached hydrogens (tertiary/aromatic N) is 2. The van der Waals surface area contributed by atoms with Crippen molar-refractivity contribution in [3.8, 4) is 0 Å². The number of unbranched alkanes of at least 4 members (excludes halogenated alkanes) is 1. The van der Waals surface area contributed by atoms with Gasteiger partial charge in [-0.15, -0.1) is 0 Å². The number of imide groups is 1. The second-order valence-electron chi connectivity index (χ2n) is 9.91. The van der Waals surface area contributed by atoms with Gasteiger partial charge in [-0.05, 0) is 29.6 Å². The Kier molecular flexibility index (Phi) is 6.03. The Morgan fingerprint density at radius 3 is 2.15 bits per heavy atom. The van der Waals surface area contributed by atoms with Crippen molar-refractivity contribution in [3.05, 3.63) is 0 Å². The maximum atomic E-state index is 12.4. The lowest BCUT2D eigenvalue weighted by Crippen LogP contribution is -2.57. The average molecular weight is 366 g/mol. The minimum Gasteiger partial charge on any atom is -0.338 e. The molecule has 2 saturated heterocycles. The molecule has 0 aromatic rings. The topological polar surface area (TPSA) is 69.7 Å². The fourth-order valence-electron chi connectivity index (χ4n) is 3.49. The fraction of sp³-hybridized carbons (Fsp3) is 0.850. The van der Waals surface area contributed by atoms with Crippen molar-refractivity contribution in [2.45, 2.75) is 60.8 Å². The Hall–Kier alpha value is -1.59. The van der Waals surface area contributed by atoms with Gasteiger partial charge in [-0.1, -0.05) is 41.5 Å². The number of carbonyl (C=O) groups is 3. The van der Waals surface area contributed by atoms with Crippen LogP contribution in [0, 0.1) is 22.7 Å². The van der Waals surface area contributed by atoms with E-state index in [1.165, 1.54) is 4.90 Å². The molecule has 6 nitrogen and oxygen atoms in total. The second kappa shape index (κ2) is 7.57. The largest absolute Gasteiger partial charge is 0.338 e. The lowest BCUT2D eigenvalue weighted by Gasteiger charge is -2.46. The molecule has 26 heavy (non-hydrogen) atoms. The standard InChI is InChI=1S/C20H35N3O3/c1-19(2,3)14-12-22(13-14)18(26)21-9-7-8-10-23-16(24)11-15(17(23)25)20(4,5)6/h14-15H,7-13H2,1-6H3,(H,21,26). The summed E-state index contributed by atoms with van der Waals surface area (Å²) in [6.45, 7) is 15.3. The number of carbonyl (C=O) groups excluding carboxylic acids is 3. The molecule has 1 N–H and O–H groups in total. The van der Waals surface area contributed by atoms with Crippen LogP contribution in [0.3, 0.4) is 0 Å². The third kappa shape index (κ3) is 4.77. The second-order valence-corrected chi connectivity index (χ2v) is 9.91. The van der Waals surface area contributed by atoms with Crippen molar-refractivity contribution in [2.75, 3.05) is 26.2 Å². The molecule has 0 spiro atoms. The van der Waals surface area contributed by atoms with Crippen molar-refractivity contribution in [1.29, 1.82) is 0 Å².